The van der Waals surface area contributed by atoms with Crippen molar-refractivity contribution >= 4 is 22.8 Å². The first-order valence-corrected chi connectivity index (χ1v) is 9.28. The molecule has 1 fully saturated rings. The first-order chi connectivity index (χ1) is 12.8. The highest BCUT2D eigenvalue weighted by molar-refractivity contribution is 6.01. The maximum atomic E-state index is 13.0. The van der Waals surface area contributed by atoms with Crippen molar-refractivity contribution < 1.29 is 9.53 Å². The highest BCUT2D eigenvalue weighted by Crippen LogP contribution is 2.49. The number of aromatic nitrogens is 2. The molecule has 0 atom stereocenters. The van der Waals surface area contributed by atoms with Crippen molar-refractivity contribution in [3.63, 3.8) is 0 Å². The zero-order valence-electron chi connectivity index (χ0n) is 16.2. The third-order valence-electron chi connectivity index (χ3n) is 5.35. The third kappa shape index (κ3) is 3.18. The number of nitrogens with one attached hydrogen (secondary N) is 2. The molecule has 1 amide bonds. The average Bonchev–Trinajstić information content (AvgIpc) is 3.34. The lowest BCUT2D eigenvalue weighted by molar-refractivity contribution is -0.118. The summed E-state index contributed by atoms with van der Waals surface area (Å²) >= 11 is 0. The lowest BCUT2D eigenvalue weighted by atomic mass is 9.93. The molecular formula is C22H25N3O2. The van der Waals surface area contributed by atoms with Crippen molar-refractivity contribution in [1.82, 2.24) is 9.97 Å². The largest absolute Gasteiger partial charge is 0.497 e. The molecule has 1 aliphatic rings. The summed E-state index contributed by atoms with van der Waals surface area (Å²) in [6, 6.07) is 13.6. The molecule has 5 nitrogen and oxygen atoms in total. The molecule has 27 heavy (non-hydrogen) atoms. The molecule has 1 aromatic carbocycles. The van der Waals surface area contributed by atoms with Gasteiger partial charge in [0.15, 0.2) is 0 Å². The van der Waals surface area contributed by atoms with Gasteiger partial charge in [0, 0.05) is 11.1 Å². The summed E-state index contributed by atoms with van der Waals surface area (Å²) < 4.78 is 5.21. The van der Waals surface area contributed by atoms with E-state index in [2.05, 4.69) is 42.1 Å². The minimum absolute atomic E-state index is 0.00565. The molecule has 1 aliphatic carbocycles. The number of ether oxygens (including phenoxy) is 1. The Kier molecular flexibility index (Phi) is 3.98. The molecule has 1 saturated carbocycles. The highest BCUT2D eigenvalue weighted by atomic mass is 16.5. The van der Waals surface area contributed by atoms with Crippen LogP contribution in [0.2, 0.25) is 0 Å². The van der Waals surface area contributed by atoms with Gasteiger partial charge in [-0.25, -0.2) is 4.98 Å². The third-order valence-corrected chi connectivity index (χ3v) is 5.35. The Hall–Kier alpha value is -2.82. The summed E-state index contributed by atoms with van der Waals surface area (Å²) in [4.78, 5) is 21.0. The van der Waals surface area contributed by atoms with Crippen molar-refractivity contribution in [3.8, 4) is 5.75 Å². The van der Waals surface area contributed by atoms with Gasteiger partial charge in [-0.2, -0.15) is 0 Å². The highest BCUT2D eigenvalue weighted by Gasteiger charge is 2.51. The van der Waals surface area contributed by atoms with Gasteiger partial charge in [0.25, 0.3) is 0 Å². The predicted molar refractivity (Wildman–Crippen MR) is 107 cm³/mol. The number of nitrogens with zero attached hydrogens (tertiary/aromatic N) is 1. The lowest BCUT2D eigenvalue weighted by Gasteiger charge is -2.16. The van der Waals surface area contributed by atoms with Crippen LogP contribution < -0.4 is 10.1 Å². The normalized spacial score (nSPS) is 15.6. The summed E-state index contributed by atoms with van der Waals surface area (Å²) in [5, 5.41) is 3.02. The lowest BCUT2D eigenvalue weighted by Crippen LogP contribution is -2.28. The fraction of sp³-hybridized carbons (Fsp3) is 0.364. The summed E-state index contributed by atoms with van der Waals surface area (Å²) in [6.45, 7) is 6.48. The smallest absolute Gasteiger partial charge is 0.236 e. The molecule has 0 unspecified atom stereocenters. The van der Waals surface area contributed by atoms with Gasteiger partial charge >= 0.3 is 0 Å². The number of pyridine rings is 1. The first kappa shape index (κ1) is 17.6. The SMILES string of the molecule is COc1ccc(C2(C(=O)Nc3ccc4[nH]c(C(C)(C)C)cc4n3)CC2)cc1. The van der Waals surface area contributed by atoms with E-state index < -0.39 is 5.41 Å². The van der Waals surface area contributed by atoms with Gasteiger partial charge in [-0.15, -0.1) is 0 Å². The van der Waals surface area contributed by atoms with Gasteiger partial charge in [0.2, 0.25) is 5.91 Å². The summed E-state index contributed by atoms with van der Waals surface area (Å²) in [5.41, 5.74) is 3.58. The van der Waals surface area contributed by atoms with Crippen LogP contribution in [0.5, 0.6) is 5.75 Å². The quantitative estimate of drug-likeness (QED) is 0.715. The maximum Gasteiger partial charge on any atom is 0.236 e. The molecule has 0 bridgehead atoms. The van der Waals surface area contributed by atoms with Crippen LogP contribution in [0.1, 0.15) is 44.9 Å². The number of anilines is 1. The Balaban J connectivity index is 1.57. The maximum absolute atomic E-state index is 13.0. The zero-order valence-corrected chi connectivity index (χ0v) is 16.2. The molecular weight excluding hydrogens is 338 g/mol. The molecule has 4 rings (SSSR count). The minimum Gasteiger partial charge on any atom is -0.497 e. The van der Waals surface area contributed by atoms with Gasteiger partial charge in [-0.1, -0.05) is 32.9 Å². The number of benzene rings is 1. The standard InChI is InChI=1S/C22H25N3O2/c1-21(2,3)18-13-17-16(23-18)9-10-19(24-17)25-20(26)22(11-12-22)14-5-7-15(27-4)8-6-14/h5-10,13,23H,11-12H2,1-4H3,(H,24,25,26). The van der Waals surface area contributed by atoms with Crippen LogP contribution in [-0.2, 0) is 15.6 Å². The van der Waals surface area contributed by atoms with Crippen LogP contribution in [-0.4, -0.2) is 23.0 Å². The van der Waals surface area contributed by atoms with E-state index in [0.717, 1.165) is 40.9 Å². The van der Waals surface area contributed by atoms with Crippen LogP contribution in [0.3, 0.4) is 0 Å². The number of amides is 1. The molecule has 140 valence electrons. The average molecular weight is 363 g/mol. The molecule has 3 aromatic rings. The molecule has 0 radical (unpaired) electrons. The molecule has 0 spiro atoms. The number of carbonyl (C=O) groups is 1. The Morgan fingerprint density at radius 3 is 2.44 bits per heavy atom. The van der Waals surface area contributed by atoms with Crippen molar-refractivity contribution in [3.05, 3.63) is 53.7 Å². The molecule has 2 N–H and O–H groups in total. The fourth-order valence-corrected chi connectivity index (χ4v) is 3.40. The van der Waals surface area contributed by atoms with E-state index >= 15 is 0 Å². The Bertz CT molecular complexity index is 993. The number of aromatic amines is 1. The second kappa shape index (κ2) is 6.12. The van der Waals surface area contributed by atoms with Gasteiger partial charge in [0.1, 0.15) is 11.6 Å². The van der Waals surface area contributed by atoms with E-state index in [-0.39, 0.29) is 11.3 Å². The minimum atomic E-state index is -0.447. The van der Waals surface area contributed by atoms with Crippen molar-refractivity contribution in [2.45, 2.75) is 44.4 Å². The number of hydrogen-bond acceptors (Lipinski definition) is 3. The van der Waals surface area contributed by atoms with Crippen LogP contribution in [0, 0.1) is 0 Å². The van der Waals surface area contributed by atoms with Crippen LogP contribution in [0.4, 0.5) is 5.82 Å². The van der Waals surface area contributed by atoms with E-state index in [4.69, 9.17) is 4.74 Å². The number of methoxy groups -OCH3 is 1. The fourth-order valence-electron chi connectivity index (χ4n) is 3.40. The van der Waals surface area contributed by atoms with E-state index in [1.807, 2.05) is 36.4 Å². The topological polar surface area (TPSA) is 67.0 Å². The number of H-pyrrole nitrogens is 1. The van der Waals surface area contributed by atoms with E-state index in [1.165, 1.54) is 0 Å². The van der Waals surface area contributed by atoms with Crippen molar-refractivity contribution in [2.75, 3.05) is 12.4 Å². The van der Waals surface area contributed by atoms with Crippen LogP contribution in [0.25, 0.3) is 11.0 Å². The molecule has 2 heterocycles. The van der Waals surface area contributed by atoms with Crippen molar-refractivity contribution in [2.24, 2.45) is 0 Å². The summed E-state index contributed by atoms with van der Waals surface area (Å²) in [6.07, 6.45) is 1.71. The Morgan fingerprint density at radius 1 is 1.15 bits per heavy atom. The zero-order chi connectivity index (χ0) is 19.2. The summed E-state index contributed by atoms with van der Waals surface area (Å²) in [7, 11) is 1.64. The molecule has 0 saturated heterocycles. The van der Waals surface area contributed by atoms with Gasteiger partial charge in [-0.05, 0) is 48.7 Å². The number of hydrogen-bond donors (Lipinski definition) is 2. The predicted octanol–water partition coefficient (Wildman–Crippen LogP) is 4.54. The van der Waals surface area contributed by atoms with Gasteiger partial charge in [-0.3, -0.25) is 4.79 Å². The number of carbonyl (C=O) groups excluding carboxylic acids is 1. The summed E-state index contributed by atoms with van der Waals surface area (Å²) in [5.74, 6) is 1.39. The second-order valence-corrected chi connectivity index (χ2v) is 8.33. The van der Waals surface area contributed by atoms with Crippen LogP contribution in [0.15, 0.2) is 42.5 Å². The Morgan fingerprint density at radius 2 is 1.85 bits per heavy atom. The van der Waals surface area contributed by atoms with Gasteiger partial charge < -0.3 is 15.0 Å². The number of rotatable bonds is 4. The molecule has 0 aliphatic heterocycles. The van der Waals surface area contributed by atoms with Crippen LogP contribution >= 0.6 is 0 Å². The Labute approximate surface area is 159 Å². The van der Waals surface area contributed by atoms with Crippen molar-refractivity contribution in [1.29, 1.82) is 0 Å². The number of fused-ring (bicyclic) bond motifs is 1. The molecule has 2 aromatic heterocycles. The van der Waals surface area contributed by atoms with E-state index in [9.17, 15) is 4.79 Å². The molecule has 5 heteroatoms. The van der Waals surface area contributed by atoms with Gasteiger partial charge in [0.05, 0.1) is 23.6 Å². The van der Waals surface area contributed by atoms with E-state index in [0.29, 0.717) is 5.82 Å². The monoisotopic (exact) mass is 363 g/mol. The first-order valence-electron chi connectivity index (χ1n) is 9.28. The van der Waals surface area contributed by atoms with E-state index in [1.54, 1.807) is 7.11 Å². The second-order valence-electron chi connectivity index (χ2n) is 8.33.